The van der Waals surface area contributed by atoms with Gasteiger partial charge in [-0.1, -0.05) is 12.1 Å². The normalized spacial score (nSPS) is 20.3. The number of fused-ring (bicyclic) bond motifs is 1. The van der Waals surface area contributed by atoms with Gasteiger partial charge in [0.1, 0.15) is 5.75 Å². The van der Waals surface area contributed by atoms with Crippen molar-refractivity contribution in [2.75, 3.05) is 38.2 Å². The van der Waals surface area contributed by atoms with Crippen molar-refractivity contribution in [2.24, 2.45) is 0 Å². The van der Waals surface area contributed by atoms with E-state index in [0.717, 1.165) is 55.6 Å². The minimum atomic E-state index is 0.133. The van der Waals surface area contributed by atoms with Gasteiger partial charge in [0.25, 0.3) is 0 Å². The van der Waals surface area contributed by atoms with Gasteiger partial charge in [-0.3, -0.25) is 4.79 Å². The summed E-state index contributed by atoms with van der Waals surface area (Å²) in [6.45, 7) is 3.67. The van der Waals surface area contributed by atoms with Crippen LogP contribution < -0.4 is 15.0 Å². The third-order valence-corrected chi connectivity index (χ3v) is 5.01. The van der Waals surface area contributed by atoms with Gasteiger partial charge in [0, 0.05) is 38.8 Å². The van der Waals surface area contributed by atoms with Gasteiger partial charge in [-0.2, -0.15) is 0 Å². The minimum absolute atomic E-state index is 0.133. The van der Waals surface area contributed by atoms with Crippen LogP contribution in [-0.4, -0.2) is 49.0 Å². The van der Waals surface area contributed by atoms with Crippen LogP contribution in [0.4, 0.5) is 5.95 Å². The number of aromatic nitrogens is 2. The number of hydrogen-bond donors (Lipinski definition) is 1. The number of nitrogens with zero attached hydrogens (tertiary/aromatic N) is 3. The molecule has 1 aromatic carbocycles. The van der Waals surface area contributed by atoms with Gasteiger partial charge in [-0.25, -0.2) is 9.97 Å². The van der Waals surface area contributed by atoms with E-state index in [4.69, 9.17) is 9.72 Å². The number of rotatable bonds is 3. The smallest absolute Gasteiger partial charge is 0.225 e. The Bertz CT molecular complexity index is 769. The predicted octanol–water partition coefficient (Wildman–Crippen LogP) is 1.81. The van der Waals surface area contributed by atoms with Gasteiger partial charge in [0.15, 0.2) is 5.78 Å². The second kappa shape index (κ2) is 6.80. The molecule has 2 aromatic rings. The van der Waals surface area contributed by atoms with Gasteiger partial charge in [-0.15, -0.1) is 0 Å². The second-order valence-electron chi connectivity index (χ2n) is 6.57. The first-order chi connectivity index (χ1) is 12.2. The maximum absolute atomic E-state index is 12.6. The summed E-state index contributed by atoms with van der Waals surface area (Å²) in [5.74, 6) is 1.86. The SMILES string of the molecule is COc1ccc(C2CC(=O)c3cnc(N4CCNCC4)nc3C2)cc1. The topological polar surface area (TPSA) is 67.3 Å². The average Bonchev–Trinajstić information content (AvgIpc) is 2.68. The molecule has 2 heterocycles. The maximum Gasteiger partial charge on any atom is 0.225 e. The van der Waals surface area contributed by atoms with Gasteiger partial charge in [0.05, 0.1) is 18.4 Å². The second-order valence-corrected chi connectivity index (χ2v) is 6.57. The summed E-state index contributed by atoms with van der Waals surface area (Å²) in [4.78, 5) is 23.9. The van der Waals surface area contributed by atoms with E-state index in [1.807, 2.05) is 24.3 Å². The molecule has 4 rings (SSSR count). The lowest BCUT2D eigenvalue weighted by Gasteiger charge is -2.29. The summed E-state index contributed by atoms with van der Waals surface area (Å²) in [5, 5.41) is 3.33. The number of piperazine rings is 1. The number of nitrogens with one attached hydrogen (secondary N) is 1. The van der Waals surface area contributed by atoms with Crippen LogP contribution in [0.2, 0.25) is 0 Å². The van der Waals surface area contributed by atoms with Crippen LogP contribution in [0.3, 0.4) is 0 Å². The number of methoxy groups -OCH3 is 1. The summed E-state index contributed by atoms with van der Waals surface area (Å²) in [6.07, 6.45) is 3.00. The first-order valence-corrected chi connectivity index (χ1v) is 8.73. The Hall–Kier alpha value is -2.47. The molecule has 0 amide bonds. The van der Waals surface area contributed by atoms with Crippen molar-refractivity contribution in [3.05, 3.63) is 47.3 Å². The lowest BCUT2D eigenvalue weighted by atomic mass is 9.82. The van der Waals surface area contributed by atoms with E-state index in [1.165, 1.54) is 0 Å². The van der Waals surface area contributed by atoms with Crippen molar-refractivity contribution in [2.45, 2.75) is 18.8 Å². The van der Waals surface area contributed by atoms with E-state index >= 15 is 0 Å². The number of carbonyl (C=O) groups is 1. The molecule has 6 heteroatoms. The van der Waals surface area contributed by atoms with Crippen LogP contribution in [0.5, 0.6) is 5.75 Å². The molecule has 0 saturated carbocycles. The molecule has 2 aliphatic rings. The molecule has 1 N–H and O–H groups in total. The summed E-state index contributed by atoms with van der Waals surface area (Å²) in [7, 11) is 1.66. The molecule has 1 aliphatic heterocycles. The largest absolute Gasteiger partial charge is 0.497 e. The number of anilines is 1. The van der Waals surface area contributed by atoms with E-state index < -0.39 is 0 Å². The molecule has 0 radical (unpaired) electrons. The third kappa shape index (κ3) is 3.22. The molecule has 0 spiro atoms. The minimum Gasteiger partial charge on any atom is -0.497 e. The molecule has 25 heavy (non-hydrogen) atoms. The van der Waals surface area contributed by atoms with Crippen molar-refractivity contribution in [3.8, 4) is 5.75 Å². The summed E-state index contributed by atoms with van der Waals surface area (Å²) in [6, 6.07) is 7.98. The number of Topliss-reactive ketones (excluding diaryl/α,β-unsaturated/α-hetero) is 1. The van der Waals surface area contributed by atoms with Crippen molar-refractivity contribution >= 4 is 11.7 Å². The molecule has 1 aliphatic carbocycles. The molecule has 1 aromatic heterocycles. The predicted molar refractivity (Wildman–Crippen MR) is 95.5 cm³/mol. The van der Waals surface area contributed by atoms with Gasteiger partial charge < -0.3 is 15.0 Å². The van der Waals surface area contributed by atoms with Crippen LogP contribution in [0.25, 0.3) is 0 Å². The number of hydrogen-bond acceptors (Lipinski definition) is 6. The van der Waals surface area contributed by atoms with Gasteiger partial charge >= 0.3 is 0 Å². The highest BCUT2D eigenvalue weighted by Gasteiger charge is 2.28. The Morgan fingerprint density at radius 1 is 1.16 bits per heavy atom. The molecule has 1 saturated heterocycles. The lowest BCUT2D eigenvalue weighted by Crippen LogP contribution is -2.44. The monoisotopic (exact) mass is 338 g/mol. The van der Waals surface area contributed by atoms with Crippen LogP contribution >= 0.6 is 0 Å². The van der Waals surface area contributed by atoms with Gasteiger partial charge in [-0.05, 0) is 30.0 Å². The highest BCUT2D eigenvalue weighted by atomic mass is 16.5. The Labute approximate surface area is 147 Å². The van der Waals surface area contributed by atoms with Crippen LogP contribution in [0.15, 0.2) is 30.5 Å². The number of benzene rings is 1. The highest BCUT2D eigenvalue weighted by molar-refractivity contribution is 5.98. The molecule has 1 fully saturated rings. The fourth-order valence-corrected chi connectivity index (χ4v) is 3.56. The summed E-state index contributed by atoms with van der Waals surface area (Å²) >= 11 is 0. The molecule has 0 bridgehead atoms. The standard InChI is InChI=1S/C19H22N4O2/c1-25-15-4-2-13(3-5-15)14-10-17-16(18(24)11-14)12-21-19(22-17)23-8-6-20-7-9-23/h2-5,12,14,20H,6-11H2,1H3. The van der Waals surface area contributed by atoms with Crippen LogP contribution in [0.1, 0.15) is 34.0 Å². The van der Waals surface area contributed by atoms with E-state index in [1.54, 1.807) is 13.3 Å². The zero-order chi connectivity index (χ0) is 17.2. The molecule has 1 atom stereocenters. The summed E-state index contributed by atoms with van der Waals surface area (Å²) in [5.41, 5.74) is 2.71. The first-order valence-electron chi connectivity index (χ1n) is 8.73. The first kappa shape index (κ1) is 16.0. The van der Waals surface area contributed by atoms with E-state index in [-0.39, 0.29) is 11.7 Å². The van der Waals surface area contributed by atoms with Crippen molar-refractivity contribution in [1.29, 1.82) is 0 Å². The van der Waals surface area contributed by atoms with Crippen molar-refractivity contribution in [1.82, 2.24) is 15.3 Å². The zero-order valence-corrected chi connectivity index (χ0v) is 14.4. The van der Waals surface area contributed by atoms with Crippen LogP contribution in [0, 0.1) is 0 Å². The van der Waals surface area contributed by atoms with Crippen LogP contribution in [-0.2, 0) is 6.42 Å². The van der Waals surface area contributed by atoms with E-state index in [2.05, 4.69) is 15.2 Å². The summed E-state index contributed by atoms with van der Waals surface area (Å²) < 4.78 is 5.22. The highest BCUT2D eigenvalue weighted by Crippen LogP contribution is 2.33. The van der Waals surface area contributed by atoms with E-state index in [0.29, 0.717) is 12.0 Å². The number of carbonyl (C=O) groups excluding carboxylic acids is 1. The fraction of sp³-hybridized carbons (Fsp3) is 0.421. The molecule has 6 nitrogen and oxygen atoms in total. The van der Waals surface area contributed by atoms with Gasteiger partial charge in [0.2, 0.25) is 5.95 Å². The van der Waals surface area contributed by atoms with Crippen molar-refractivity contribution < 1.29 is 9.53 Å². The molecule has 1 unspecified atom stereocenters. The third-order valence-electron chi connectivity index (χ3n) is 5.01. The quantitative estimate of drug-likeness (QED) is 0.921. The van der Waals surface area contributed by atoms with Crippen molar-refractivity contribution in [3.63, 3.8) is 0 Å². The Balaban J connectivity index is 1.60. The fourth-order valence-electron chi connectivity index (χ4n) is 3.56. The molecular weight excluding hydrogens is 316 g/mol. The Morgan fingerprint density at radius 3 is 2.64 bits per heavy atom. The van der Waals surface area contributed by atoms with E-state index in [9.17, 15) is 4.79 Å². The average molecular weight is 338 g/mol. The maximum atomic E-state index is 12.6. The lowest BCUT2D eigenvalue weighted by molar-refractivity contribution is 0.0962. The molecule has 130 valence electrons. The number of ether oxygens (including phenoxy) is 1. The Kier molecular flexibility index (Phi) is 4.36. The zero-order valence-electron chi connectivity index (χ0n) is 14.4. The molecular formula is C19H22N4O2. The Morgan fingerprint density at radius 2 is 1.92 bits per heavy atom. The number of ketones is 1.